The van der Waals surface area contributed by atoms with Crippen molar-refractivity contribution < 1.29 is 19.7 Å². The van der Waals surface area contributed by atoms with Gasteiger partial charge in [-0.05, 0) is 73.5 Å². The van der Waals surface area contributed by atoms with E-state index >= 15 is 0 Å². The van der Waals surface area contributed by atoms with E-state index in [2.05, 4.69) is 6.92 Å². The second-order valence-electron chi connectivity index (χ2n) is 7.98. The van der Waals surface area contributed by atoms with Crippen molar-refractivity contribution in [2.45, 2.75) is 58.0 Å². The molecule has 3 aliphatic rings. The molecule has 3 aliphatic carbocycles. The predicted octanol–water partition coefficient (Wildman–Crippen LogP) is 3.65. The zero-order chi connectivity index (χ0) is 17.1. The van der Waals surface area contributed by atoms with Crippen LogP contribution in [0.2, 0.25) is 0 Å². The topological polar surface area (TPSA) is 66.8 Å². The number of phenols is 1. The molecule has 2 saturated carbocycles. The van der Waals surface area contributed by atoms with Crippen LogP contribution in [0.15, 0.2) is 12.1 Å². The summed E-state index contributed by atoms with van der Waals surface area (Å²) in [6, 6.07) is 3.48. The molecule has 2 N–H and O–H groups in total. The SMILES string of the molecule is CCOc1cc2c(cc1O)C(=O)C[C@@H]1[C@@H]2CC[C@]2(C)[C@@H](O)CC[C@@H]12. The molecule has 1 aromatic rings. The Kier molecular flexibility index (Phi) is 3.64. The number of phenolic OH excluding ortho intramolecular Hbond substituents is 1. The Hall–Kier alpha value is -1.55. The predicted molar refractivity (Wildman–Crippen MR) is 90.5 cm³/mol. The van der Waals surface area contributed by atoms with Crippen LogP contribution in [0.3, 0.4) is 0 Å². The summed E-state index contributed by atoms with van der Waals surface area (Å²) in [5.41, 5.74) is 1.67. The zero-order valence-electron chi connectivity index (χ0n) is 14.4. The van der Waals surface area contributed by atoms with E-state index in [4.69, 9.17) is 4.74 Å². The first-order chi connectivity index (χ1) is 11.5. The van der Waals surface area contributed by atoms with Crippen LogP contribution in [0.25, 0.3) is 0 Å². The van der Waals surface area contributed by atoms with Gasteiger partial charge in [0.1, 0.15) is 0 Å². The lowest BCUT2D eigenvalue weighted by Gasteiger charge is -2.49. The molecule has 130 valence electrons. The molecule has 0 aliphatic heterocycles. The van der Waals surface area contributed by atoms with Gasteiger partial charge in [-0.1, -0.05) is 6.92 Å². The Bertz CT molecular complexity index is 682. The first-order valence-corrected chi connectivity index (χ1v) is 9.16. The molecule has 2 fully saturated rings. The minimum absolute atomic E-state index is 0.0430. The molecule has 1 aromatic carbocycles. The van der Waals surface area contributed by atoms with E-state index in [1.807, 2.05) is 13.0 Å². The Labute approximate surface area is 142 Å². The number of benzene rings is 1. The molecule has 0 saturated heterocycles. The number of aliphatic hydroxyl groups excluding tert-OH is 1. The third kappa shape index (κ3) is 2.12. The lowest BCUT2D eigenvalue weighted by atomic mass is 9.55. The van der Waals surface area contributed by atoms with Crippen molar-refractivity contribution in [3.8, 4) is 11.5 Å². The second kappa shape index (κ2) is 5.48. The summed E-state index contributed by atoms with van der Waals surface area (Å²) >= 11 is 0. The van der Waals surface area contributed by atoms with Crippen molar-refractivity contribution in [1.29, 1.82) is 0 Å². The van der Waals surface area contributed by atoms with E-state index in [0.717, 1.165) is 31.2 Å². The number of rotatable bonds is 2. The van der Waals surface area contributed by atoms with Gasteiger partial charge < -0.3 is 14.9 Å². The number of hydrogen-bond donors (Lipinski definition) is 2. The van der Waals surface area contributed by atoms with Crippen LogP contribution < -0.4 is 4.74 Å². The fourth-order valence-electron chi connectivity index (χ4n) is 5.66. The second-order valence-corrected chi connectivity index (χ2v) is 7.98. The van der Waals surface area contributed by atoms with Crippen LogP contribution in [0, 0.1) is 17.3 Å². The molecule has 0 aromatic heterocycles. The van der Waals surface area contributed by atoms with Crippen molar-refractivity contribution >= 4 is 5.78 Å². The number of aromatic hydroxyl groups is 1. The molecule has 4 nitrogen and oxygen atoms in total. The summed E-state index contributed by atoms with van der Waals surface area (Å²) in [5, 5.41) is 20.6. The van der Waals surface area contributed by atoms with Crippen molar-refractivity contribution in [2.75, 3.05) is 6.61 Å². The normalized spacial score (nSPS) is 37.5. The maximum Gasteiger partial charge on any atom is 0.163 e. The smallest absolute Gasteiger partial charge is 0.163 e. The molecule has 0 spiro atoms. The first kappa shape index (κ1) is 15.9. The summed E-state index contributed by atoms with van der Waals surface area (Å²) in [6.07, 6.45) is 4.16. The average molecular weight is 330 g/mol. The molecule has 0 radical (unpaired) electrons. The van der Waals surface area contributed by atoms with E-state index < -0.39 is 0 Å². The van der Waals surface area contributed by atoms with Crippen LogP contribution >= 0.6 is 0 Å². The highest BCUT2D eigenvalue weighted by atomic mass is 16.5. The lowest BCUT2D eigenvalue weighted by molar-refractivity contribution is -0.0208. The van der Waals surface area contributed by atoms with E-state index in [1.165, 1.54) is 0 Å². The van der Waals surface area contributed by atoms with E-state index in [-0.39, 0.29) is 23.1 Å². The summed E-state index contributed by atoms with van der Waals surface area (Å²) in [7, 11) is 0. The molecule has 0 unspecified atom stereocenters. The minimum Gasteiger partial charge on any atom is -0.504 e. The highest BCUT2D eigenvalue weighted by Gasteiger charge is 2.55. The summed E-state index contributed by atoms with van der Waals surface area (Å²) in [4.78, 5) is 12.7. The number of ether oxygens (including phenoxy) is 1. The molecular weight excluding hydrogens is 304 g/mol. The number of fused-ring (bicyclic) bond motifs is 5. The van der Waals surface area contributed by atoms with Gasteiger partial charge >= 0.3 is 0 Å². The quantitative estimate of drug-likeness (QED) is 0.868. The van der Waals surface area contributed by atoms with Crippen LogP contribution in [-0.4, -0.2) is 28.7 Å². The van der Waals surface area contributed by atoms with E-state index in [1.54, 1.807) is 6.07 Å². The molecule has 5 atom stereocenters. The highest BCUT2D eigenvalue weighted by Crippen LogP contribution is 2.61. The zero-order valence-corrected chi connectivity index (χ0v) is 14.4. The monoisotopic (exact) mass is 330 g/mol. The van der Waals surface area contributed by atoms with Crippen molar-refractivity contribution in [3.05, 3.63) is 23.3 Å². The van der Waals surface area contributed by atoms with Gasteiger partial charge in [0.05, 0.1) is 12.7 Å². The van der Waals surface area contributed by atoms with Gasteiger partial charge in [0, 0.05) is 12.0 Å². The minimum atomic E-state index is -0.237. The molecular formula is C20H26O4. The summed E-state index contributed by atoms with van der Waals surface area (Å²) < 4.78 is 5.54. The standard InChI is InChI=1S/C20H26O4/c1-3-24-18-10-12-11-6-7-20(2)15(4-5-19(20)23)13(11)8-16(21)14(12)9-17(18)22/h9-11,13,15,19,22-23H,3-8H2,1-2H3/t11-,13-,15+,19+,20+/m1/s1. The van der Waals surface area contributed by atoms with Crippen LogP contribution in [0.1, 0.15) is 67.8 Å². The number of carbonyl (C=O) groups excluding carboxylic acids is 1. The van der Waals surface area contributed by atoms with Gasteiger partial charge in [-0.25, -0.2) is 0 Å². The first-order valence-electron chi connectivity index (χ1n) is 9.16. The van der Waals surface area contributed by atoms with Crippen LogP contribution in [0.4, 0.5) is 0 Å². The van der Waals surface area contributed by atoms with Gasteiger partial charge in [-0.15, -0.1) is 0 Å². The lowest BCUT2D eigenvalue weighted by Crippen LogP contribution is -2.44. The molecule has 0 amide bonds. The van der Waals surface area contributed by atoms with Gasteiger partial charge in [-0.2, -0.15) is 0 Å². The molecule has 0 bridgehead atoms. The Morgan fingerprint density at radius 1 is 1.29 bits per heavy atom. The molecule has 24 heavy (non-hydrogen) atoms. The van der Waals surface area contributed by atoms with Gasteiger partial charge in [0.15, 0.2) is 17.3 Å². The van der Waals surface area contributed by atoms with Crippen LogP contribution in [0.5, 0.6) is 11.5 Å². The van der Waals surface area contributed by atoms with Gasteiger partial charge in [0.2, 0.25) is 0 Å². The Morgan fingerprint density at radius 3 is 2.83 bits per heavy atom. The van der Waals surface area contributed by atoms with Gasteiger partial charge in [0.25, 0.3) is 0 Å². The number of aliphatic hydroxyl groups is 1. The maximum absolute atomic E-state index is 12.7. The Morgan fingerprint density at radius 2 is 2.08 bits per heavy atom. The van der Waals surface area contributed by atoms with Crippen molar-refractivity contribution in [3.63, 3.8) is 0 Å². The third-order valence-corrected chi connectivity index (χ3v) is 6.94. The van der Waals surface area contributed by atoms with E-state index in [9.17, 15) is 15.0 Å². The van der Waals surface area contributed by atoms with Crippen molar-refractivity contribution in [2.24, 2.45) is 17.3 Å². The van der Waals surface area contributed by atoms with E-state index in [0.29, 0.717) is 42.1 Å². The maximum atomic E-state index is 12.7. The number of Topliss-reactive ketones (excluding diaryl/α,β-unsaturated/α-hetero) is 1. The number of ketones is 1. The molecule has 4 heteroatoms. The summed E-state index contributed by atoms with van der Waals surface area (Å²) in [5.74, 6) is 1.70. The number of carbonyl (C=O) groups is 1. The Balaban J connectivity index is 1.76. The fourth-order valence-corrected chi connectivity index (χ4v) is 5.66. The van der Waals surface area contributed by atoms with Crippen LogP contribution in [-0.2, 0) is 0 Å². The third-order valence-electron chi connectivity index (χ3n) is 6.94. The molecule has 4 rings (SSSR count). The molecule has 0 heterocycles. The largest absolute Gasteiger partial charge is 0.504 e. The summed E-state index contributed by atoms with van der Waals surface area (Å²) in [6.45, 7) is 4.58. The highest BCUT2D eigenvalue weighted by molar-refractivity contribution is 5.99. The van der Waals surface area contributed by atoms with Crippen molar-refractivity contribution in [1.82, 2.24) is 0 Å². The van der Waals surface area contributed by atoms with Gasteiger partial charge in [-0.3, -0.25) is 4.79 Å². The average Bonchev–Trinajstić information content (AvgIpc) is 2.85. The fraction of sp³-hybridized carbons (Fsp3) is 0.650. The number of hydrogen-bond acceptors (Lipinski definition) is 4.